The zero-order valence-corrected chi connectivity index (χ0v) is 20.7. The summed E-state index contributed by atoms with van der Waals surface area (Å²) in [6.07, 6.45) is 2.46. The zero-order chi connectivity index (χ0) is 24.7. The molecule has 1 atom stereocenters. The van der Waals surface area contributed by atoms with E-state index in [-0.39, 0.29) is 22.6 Å². The van der Waals surface area contributed by atoms with Crippen LogP contribution in [-0.4, -0.2) is 51.9 Å². The Balaban J connectivity index is 1.61. The fraction of sp³-hybridized carbons (Fsp3) is 0.440. The van der Waals surface area contributed by atoms with Crippen molar-refractivity contribution in [1.82, 2.24) is 10.2 Å². The molecule has 0 bridgehead atoms. The maximum atomic E-state index is 13.0. The first-order valence-electron chi connectivity index (χ1n) is 11.5. The molecule has 1 fully saturated rings. The highest BCUT2D eigenvalue weighted by Crippen LogP contribution is 2.22. The van der Waals surface area contributed by atoms with Gasteiger partial charge in [0.2, 0.25) is 5.91 Å². The van der Waals surface area contributed by atoms with Gasteiger partial charge in [-0.1, -0.05) is 19.9 Å². The van der Waals surface area contributed by atoms with Crippen LogP contribution in [0.2, 0.25) is 0 Å². The maximum absolute atomic E-state index is 13.0. The van der Waals surface area contributed by atoms with Gasteiger partial charge in [0.05, 0.1) is 17.9 Å². The number of nitrogens with one attached hydrogen (secondary N) is 2. The highest BCUT2D eigenvalue weighted by atomic mass is 32.2. The number of likely N-dealkylation sites (tertiary alicyclic amines) is 1. The van der Waals surface area contributed by atoms with Gasteiger partial charge in [-0.2, -0.15) is 0 Å². The van der Waals surface area contributed by atoms with E-state index in [1.807, 2.05) is 0 Å². The lowest BCUT2D eigenvalue weighted by Gasteiger charge is -2.32. The number of anilines is 1. The van der Waals surface area contributed by atoms with Crippen LogP contribution in [0.3, 0.4) is 0 Å². The first kappa shape index (κ1) is 25.6. The van der Waals surface area contributed by atoms with E-state index in [0.717, 1.165) is 19.3 Å². The number of hydrogen-bond donors (Lipinski definition) is 2. The number of piperidine rings is 1. The number of ether oxygens (including phenoxy) is 1. The van der Waals surface area contributed by atoms with Gasteiger partial charge in [0.25, 0.3) is 15.9 Å². The highest BCUT2D eigenvalue weighted by molar-refractivity contribution is 7.92. The van der Waals surface area contributed by atoms with Gasteiger partial charge >= 0.3 is 0 Å². The van der Waals surface area contributed by atoms with Crippen molar-refractivity contribution in [3.8, 4) is 5.75 Å². The van der Waals surface area contributed by atoms with Crippen LogP contribution in [0.25, 0.3) is 0 Å². The third-order valence-corrected chi connectivity index (χ3v) is 7.21. The number of carbonyl (C=O) groups excluding carboxylic acids is 2. The van der Waals surface area contributed by atoms with Crippen LogP contribution in [0.4, 0.5) is 5.69 Å². The number of benzene rings is 2. The second-order valence-electron chi connectivity index (χ2n) is 8.93. The molecule has 1 aliphatic rings. The lowest BCUT2D eigenvalue weighted by molar-refractivity contribution is -0.126. The number of amides is 2. The first-order chi connectivity index (χ1) is 16.2. The predicted octanol–water partition coefficient (Wildman–Crippen LogP) is 3.51. The van der Waals surface area contributed by atoms with E-state index in [1.54, 1.807) is 41.3 Å². The molecule has 2 amide bonds. The molecule has 2 N–H and O–H groups in total. The average molecular weight is 488 g/mol. The topological polar surface area (TPSA) is 105 Å². The van der Waals surface area contributed by atoms with Crippen molar-refractivity contribution in [3.63, 3.8) is 0 Å². The van der Waals surface area contributed by atoms with Gasteiger partial charge in [-0.15, -0.1) is 0 Å². The smallest absolute Gasteiger partial charge is 0.262 e. The van der Waals surface area contributed by atoms with Crippen LogP contribution in [-0.2, 0) is 14.8 Å². The number of carbonyl (C=O) groups is 2. The number of rotatable bonds is 9. The fourth-order valence-corrected chi connectivity index (χ4v) is 4.94. The van der Waals surface area contributed by atoms with Crippen LogP contribution < -0.4 is 14.8 Å². The van der Waals surface area contributed by atoms with Crippen LogP contribution >= 0.6 is 0 Å². The quantitative estimate of drug-likeness (QED) is 0.563. The van der Waals surface area contributed by atoms with Crippen molar-refractivity contribution < 1.29 is 22.7 Å². The minimum absolute atomic E-state index is 0.000414. The third kappa shape index (κ3) is 6.72. The summed E-state index contributed by atoms with van der Waals surface area (Å²) in [6, 6.07) is 12.5. The van der Waals surface area contributed by atoms with Gasteiger partial charge < -0.3 is 15.0 Å². The molecule has 1 heterocycles. The molecule has 0 radical (unpaired) electrons. The molecule has 9 heteroatoms. The normalized spacial score (nSPS) is 16.2. The van der Waals surface area contributed by atoms with E-state index in [1.165, 1.54) is 19.2 Å². The number of sulfonamides is 1. The Kier molecular flexibility index (Phi) is 8.55. The van der Waals surface area contributed by atoms with Crippen molar-refractivity contribution in [2.24, 2.45) is 11.8 Å². The first-order valence-corrected chi connectivity index (χ1v) is 13.0. The Morgan fingerprint density at radius 1 is 1.15 bits per heavy atom. The summed E-state index contributed by atoms with van der Waals surface area (Å²) in [5.74, 6) is 0.589. The van der Waals surface area contributed by atoms with Crippen molar-refractivity contribution in [2.75, 3.05) is 31.5 Å². The summed E-state index contributed by atoms with van der Waals surface area (Å²) in [5, 5.41) is 2.98. The molecule has 184 valence electrons. The molecule has 0 aliphatic carbocycles. The Morgan fingerprint density at radius 3 is 2.56 bits per heavy atom. The SMILES string of the molecule is COc1cccc(S(=O)(=O)Nc2ccc(C(=O)N3CCCC(C(=O)NCCC(C)C)C3)cc2)c1. The van der Waals surface area contributed by atoms with E-state index < -0.39 is 10.0 Å². The molecule has 2 aromatic rings. The summed E-state index contributed by atoms with van der Waals surface area (Å²) in [5.41, 5.74) is 0.797. The maximum Gasteiger partial charge on any atom is 0.262 e. The number of methoxy groups -OCH3 is 1. The van der Waals surface area contributed by atoms with Crippen LogP contribution in [0.5, 0.6) is 5.75 Å². The minimum Gasteiger partial charge on any atom is -0.497 e. The summed E-state index contributed by atoms with van der Waals surface area (Å²) < 4.78 is 32.9. The molecule has 34 heavy (non-hydrogen) atoms. The van der Waals surface area contributed by atoms with E-state index >= 15 is 0 Å². The lowest BCUT2D eigenvalue weighted by Crippen LogP contribution is -2.45. The largest absolute Gasteiger partial charge is 0.497 e. The van der Waals surface area contributed by atoms with Crippen molar-refractivity contribution in [1.29, 1.82) is 0 Å². The van der Waals surface area contributed by atoms with E-state index in [2.05, 4.69) is 23.9 Å². The van der Waals surface area contributed by atoms with Crippen molar-refractivity contribution in [2.45, 2.75) is 38.0 Å². The zero-order valence-electron chi connectivity index (χ0n) is 19.9. The van der Waals surface area contributed by atoms with Gasteiger partial charge in [0.15, 0.2) is 0 Å². The van der Waals surface area contributed by atoms with E-state index in [9.17, 15) is 18.0 Å². The van der Waals surface area contributed by atoms with E-state index in [0.29, 0.717) is 42.6 Å². The molecular weight excluding hydrogens is 454 g/mol. The molecule has 1 saturated heterocycles. The van der Waals surface area contributed by atoms with Gasteiger partial charge in [0, 0.05) is 37.0 Å². The standard InChI is InChI=1S/C25H33N3O5S/c1-18(2)13-14-26-24(29)20-6-5-15-28(17-20)25(30)19-9-11-21(12-10-19)27-34(31,32)23-8-4-7-22(16-23)33-3/h4,7-12,16,18,20,27H,5-6,13-15,17H2,1-3H3,(H,26,29). The molecule has 0 aromatic heterocycles. The average Bonchev–Trinajstić information content (AvgIpc) is 2.83. The Bertz CT molecular complexity index is 1100. The Morgan fingerprint density at radius 2 is 1.88 bits per heavy atom. The molecule has 1 aliphatic heterocycles. The van der Waals surface area contributed by atoms with Crippen molar-refractivity contribution >= 4 is 27.5 Å². The van der Waals surface area contributed by atoms with Gasteiger partial charge in [-0.3, -0.25) is 14.3 Å². The highest BCUT2D eigenvalue weighted by Gasteiger charge is 2.29. The van der Waals surface area contributed by atoms with Crippen LogP contribution in [0.15, 0.2) is 53.4 Å². The van der Waals surface area contributed by atoms with Crippen LogP contribution in [0.1, 0.15) is 43.5 Å². The summed E-state index contributed by atoms with van der Waals surface area (Å²) in [4.78, 5) is 27.3. The third-order valence-electron chi connectivity index (χ3n) is 5.84. The Labute approximate surface area is 201 Å². The fourth-order valence-electron chi connectivity index (χ4n) is 3.85. The summed E-state index contributed by atoms with van der Waals surface area (Å²) >= 11 is 0. The summed E-state index contributed by atoms with van der Waals surface area (Å²) in [6.45, 7) is 5.86. The van der Waals surface area contributed by atoms with Gasteiger partial charge in [-0.25, -0.2) is 8.42 Å². The molecule has 0 saturated carbocycles. The van der Waals surface area contributed by atoms with Gasteiger partial charge in [0.1, 0.15) is 5.75 Å². The molecule has 3 rings (SSSR count). The van der Waals surface area contributed by atoms with E-state index in [4.69, 9.17) is 4.74 Å². The predicted molar refractivity (Wildman–Crippen MR) is 131 cm³/mol. The number of hydrogen-bond acceptors (Lipinski definition) is 5. The van der Waals surface area contributed by atoms with Gasteiger partial charge in [-0.05, 0) is 61.6 Å². The second-order valence-corrected chi connectivity index (χ2v) is 10.6. The summed E-state index contributed by atoms with van der Waals surface area (Å²) in [7, 11) is -2.33. The number of nitrogens with zero attached hydrogens (tertiary/aromatic N) is 1. The second kappa shape index (κ2) is 11.4. The minimum atomic E-state index is -3.80. The lowest BCUT2D eigenvalue weighted by atomic mass is 9.96. The molecule has 0 spiro atoms. The molecule has 1 unspecified atom stereocenters. The van der Waals surface area contributed by atoms with Crippen molar-refractivity contribution in [3.05, 3.63) is 54.1 Å². The molecule has 8 nitrogen and oxygen atoms in total. The molecule has 2 aromatic carbocycles. The monoisotopic (exact) mass is 487 g/mol. The Hall–Kier alpha value is -3.07. The molecular formula is C25H33N3O5S. The van der Waals surface area contributed by atoms with Crippen LogP contribution in [0, 0.1) is 11.8 Å².